The number of nitrogens with zero attached hydrogens (tertiary/aromatic N) is 2. The summed E-state index contributed by atoms with van der Waals surface area (Å²) in [7, 11) is 1.29. The first-order valence-corrected chi connectivity index (χ1v) is 2.67. The van der Waals surface area contributed by atoms with E-state index in [4.69, 9.17) is 0 Å². The minimum absolute atomic E-state index is 0.538. The second-order valence-corrected chi connectivity index (χ2v) is 1.55. The Morgan fingerprint density at radius 3 is 3.10 bits per heavy atom. The molecule has 1 amide bonds. The summed E-state index contributed by atoms with van der Waals surface area (Å²) in [4.78, 5) is 11.7. The predicted octanol–water partition coefficient (Wildman–Crippen LogP) is 0.193. The zero-order chi connectivity index (χ0) is 7.40. The Morgan fingerprint density at radius 2 is 2.60 bits per heavy atom. The lowest BCUT2D eigenvalue weighted by atomic mass is 10.8. The third kappa shape index (κ3) is 1.48. The molecule has 1 heterocycles. The van der Waals surface area contributed by atoms with Crippen LogP contribution in [0, 0.1) is 0 Å². The standard InChI is InChI=1S/C5H7N3O2/c1-10-5(9)7-8-4-2-3-6-8/h2-4H,1H3,(H,7,9). The fourth-order valence-corrected chi connectivity index (χ4v) is 0.474. The molecule has 0 aliphatic rings. The summed E-state index contributed by atoms with van der Waals surface area (Å²) in [5, 5.41) is 3.71. The maximum Gasteiger partial charge on any atom is 0.427 e. The van der Waals surface area contributed by atoms with Crippen LogP contribution in [0.15, 0.2) is 18.5 Å². The summed E-state index contributed by atoms with van der Waals surface area (Å²) < 4.78 is 4.31. The molecular formula is C5H7N3O2. The van der Waals surface area contributed by atoms with Gasteiger partial charge in [0.2, 0.25) is 0 Å². The van der Waals surface area contributed by atoms with E-state index in [1.807, 2.05) is 0 Å². The molecule has 1 N–H and O–H groups in total. The molecule has 5 nitrogen and oxygen atoms in total. The van der Waals surface area contributed by atoms with Crippen LogP contribution in [-0.4, -0.2) is 23.1 Å². The first-order chi connectivity index (χ1) is 4.83. The van der Waals surface area contributed by atoms with Gasteiger partial charge in [-0.15, -0.1) is 0 Å². The minimum Gasteiger partial charge on any atom is -0.452 e. The number of carbonyl (C=O) groups excluding carboxylic acids is 1. The SMILES string of the molecule is COC(=O)Nn1cccn1. The number of rotatable bonds is 1. The fraction of sp³-hybridized carbons (Fsp3) is 0.200. The van der Waals surface area contributed by atoms with Gasteiger partial charge in [0.15, 0.2) is 0 Å². The second kappa shape index (κ2) is 2.86. The number of nitrogens with one attached hydrogen (secondary N) is 1. The zero-order valence-corrected chi connectivity index (χ0v) is 5.44. The van der Waals surface area contributed by atoms with Crippen molar-refractivity contribution in [3.8, 4) is 0 Å². The molecule has 0 spiro atoms. The van der Waals surface area contributed by atoms with Crippen molar-refractivity contribution < 1.29 is 9.53 Å². The molecule has 0 unspecified atom stereocenters. The summed E-state index contributed by atoms with van der Waals surface area (Å²) in [6.07, 6.45) is 2.61. The third-order valence-corrected chi connectivity index (χ3v) is 0.896. The first-order valence-electron chi connectivity index (χ1n) is 2.67. The predicted molar refractivity (Wildman–Crippen MR) is 34.0 cm³/mol. The van der Waals surface area contributed by atoms with Crippen molar-refractivity contribution in [2.75, 3.05) is 12.5 Å². The van der Waals surface area contributed by atoms with Crippen molar-refractivity contribution in [3.05, 3.63) is 18.5 Å². The van der Waals surface area contributed by atoms with E-state index >= 15 is 0 Å². The molecule has 0 bridgehead atoms. The van der Waals surface area contributed by atoms with Crippen LogP contribution >= 0.6 is 0 Å². The molecule has 54 valence electrons. The van der Waals surface area contributed by atoms with E-state index in [9.17, 15) is 4.79 Å². The molecule has 1 aromatic rings. The molecule has 1 rings (SSSR count). The highest BCUT2D eigenvalue weighted by Gasteiger charge is 1.96. The highest BCUT2D eigenvalue weighted by molar-refractivity contribution is 5.75. The molecule has 0 aliphatic carbocycles. The van der Waals surface area contributed by atoms with Crippen LogP contribution in [0.2, 0.25) is 0 Å². The van der Waals surface area contributed by atoms with Crippen LogP contribution in [0.25, 0.3) is 0 Å². The van der Waals surface area contributed by atoms with Crippen molar-refractivity contribution in [1.82, 2.24) is 9.89 Å². The van der Waals surface area contributed by atoms with Crippen LogP contribution < -0.4 is 5.43 Å². The highest BCUT2D eigenvalue weighted by atomic mass is 16.5. The number of carbonyl (C=O) groups is 1. The van der Waals surface area contributed by atoms with Gasteiger partial charge in [0.05, 0.1) is 13.3 Å². The lowest BCUT2D eigenvalue weighted by Crippen LogP contribution is -2.22. The van der Waals surface area contributed by atoms with Crippen LogP contribution in [-0.2, 0) is 4.74 Å². The maximum atomic E-state index is 10.5. The number of ether oxygens (including phenoxy) is 1. The lowest BCUT2D eigenvalue weighted by molar-refractivity contribution is 0.182. The van der Waals surface area contributed by atoms with E-state index in [2.05, 4.69) is 15.3 Å². The van der Waals surface area contributed by atoms with Gasteiger partial charge in [0, 0.05) is 6.20 Å². The number of methoxy groups -OCH3 is 1. The van der Waals surface area contributed by atoms with E-state index in [0.717, 1.165) is 0 Å². The van der Waals surface area contributed by atoms with Crippen molar-refractivity contribution in [1.29, 1.82) is 0 Å². The number of hydrogen-bond donors (Lipinski definition) is 1. The molecule has 0 aromatic carbocycles. The Balaban J connectivity index is 2.48. The molecule has 10 heavy (non-hydrogen) atoms. The quantitative estimate of drug-likeness (QED) is 0.607. The van der Waals surface area contributed by atoms with Crippen molar-refractivity contribution in [2.45, 2.75) is 0 Å². The minimum atomic E-state index is -0.538. The second-order valence-electron chi connectivity index (χ2n) is 1.55. The van der Waals surface area contributed by atoms with E-state index in [1.165, 1.54) is 11.9 Å². The Hall–Kier alpha value is -1.52. The molecule has 0 atom stereocenters. The summed E-state index contributed by atoms with van der Waals surface area (Å²) in [5.41, 5.74) is 2.32. The average molecular weight is 141 g/mol. The van der Waals surface area contributed by atoms with Gasteiger partial charge in [-0.25, -0.2) is 10.2 Å². The van der Waals surface area contributed by atoms with E-state index in [0.29, 0.717) is 0 Å². The average Bonchev–Trinajstić information content (AvgIpc) is 2.40. The molecular weight excluding hydrogens is 134 g/mol. The van der Waals surface area contributed by atoms with Gasteiger partial charge in [0.1, 0.15) is 0 Å². The Kier molecular flexibility index (Phi) is 1.89. The first kappa shape index (κ1) is 6.60. The van der Waals surface area contributed by atoms with Gasteiger partial charge < -0.3 is 4.74 Å². The number of amides is 1. The fourth-order valence-electron chi connectivity index (χ4n) is 0.474. The summed E-state index contributed by atoms with van der Waals surface area (Å²) in [6.45, 7) is 0. The smallest absolute Gasteiger partial charge is 0.427 e. The summed E-state index contributed by atoms with van der Waals surface area (Å²) in [6, 6.07) is 1.69. The molecule has 0 saturated heterocycles. The molecule has 5 heteroatoms. The zero-order valence-electron chi connectivity index (χ0n) is 5.44. The number of hydrogen-bond acceptors (Lipinski definition) is 3. The van der Waals surface area contributed by atoms with Crippen LogP contribution in [0.5, 0.6) is 0 Å². The van der Waals surface area contributed by atoms with Gasteiger partial charge >= 0.3 is 6.09 Å². The van der Waals surface area contributed by atoms with Crippen LogP contribution in [0.3, 0.4) is 0 Å². The monoisotopic (exact) mass is 141 g/mol. The van der Waals surface area contributed by atoms with E-state index in [1.54, 1.807) is 18.5 Å². The topological polar surface area (TPSA) is 56.1 Å². The molecule has 0 fully saturated rings. The van der Waals surface area contributed by atoms with Gasteiger partial charge in [-0.2, -0.15) is 9.89 Å². The normalized spacial score (nSPS) is 8.90. The Morgan fingerprint density at radius 1 is 1.80 bits per heavy atom. The van der Waals surface area contributed by atoms with E-state index in [-0.39, 0.29) is 0 Å². The molecule has 0 saturated carbocycles. The van der Waals surface area contributed by atoms with Crippen LogP contribution in [0.1, 0.15) is 0 Å². The maximum absolute atomic E-state index is 10.5. The van der Waals surface area contributed by atoms with Crippen molar-refractivity contribution in [3.63, 3.8) is 0 Å². The highest BCUT2D eigenvalue weighted by Crippen LogP contribution is 1.79. The Bertz CT molecular complexity index is 207. The molecule has 0 aliphatic heterocycles. The Labute approximate surface area is 57.6 Å². The molecule has 1 aromatic heterocycles. The van der Waals surface area contributed by atoms with Crippen molar-refractivity contribution >= 4 is 6.09 Å². The van der Waals surface area contributed by atoms with Crippen molar-refractivity contribution in [2.24, 2.45) is 0 Å². The lowest BCUT2D eigenvalue weighted by Gasteiger charge is -2.00. The van der Waals surface area contributed by atoms with Gasteiger partial charge in [-0.1, -0.05) is 0 Å². The largest absolute Gasteiger partial charge is 0.452 e. The van der Waals surface area contributed by atoms with Crippen LogP contribution in [0.4, 0.5) is 4.79 Å². The third-order valence-electron chi connectivity index (χ3n) is 0.896. The number of aromatic nitrogens is 2. The summed E-state index contributed by atoms with van der Waals surface area (Å²) in [5.74, 6) is 0. The van der Waals surface area contributed by atoms with Gasteiger partial charge in [-0.3, -0.25) is 0 Å². The van der Waals surface area contributed by atoms with E-state index < -0.39 is 6.09 Å². The van der Waals surface area contributed by atoms with Gasteiger partial charge in [-0.05, 0) is 6.07 Å². The van der Waals surface area contributed by atoms with Gasteiger partial charge in [0.25, 0.3) is 0 Å². The molecule has 0 radical (unpaired) electrons. The summed E-state index contributed by atoms with van der Waals surface area (Å²) >= 11 is 0.